The van der Waals surface area contributed by atoms with E-state index in [9.17, 15) is 4.79 Å². The molecule has 18 heavy (non-hydrogen) atoms. The summed E-state index contributed by atoms with van der Waals surface area (Å²) in [6.07, 6.45) is 2.66. The molecule has 0 bridgehead atoms. The van der Waals surface area contributed by atoms with Crippen LogP contribution in [0.1, 0.15) is 31.5 Å². The monoisotopic (exact) mass is 253 g/mol. The maximum Gasteiger partial charge on any atom is 0.309 e. The predicted molar refractivity (Wildman–Crippen MR) is 63.7 cm³/mol. The number of hydrogen-bond acceptors (Lipinski definition) is 6. The fourth-order valence-electron chi connectivity index (χ4n) is 2.25. The lowest BCUT2D eigenvalue weighted by atomic mass is 9.98. The number of nitrogens with zero attached hydrogens (tertiary/aromatic N) is 3. The van der Waals surface area contributed by atoms with E-state index in [0.717, 1.165) is 31.6 Å². The van der Waals surface area contributed by atoms with Gasteiger partial charge in [0.2, 0.25) is 5.89 Å². The molecule has 6 heteroatoms. The molecule has 0 radical (unpaired) electrons. The SMILES string of the molecule is CCc1noc(CN2CCC[C@H](C(=O)OC)C2)n1. The topological polar surface area (TPSA) is 68.5 Å². The molecule has 6 nitrogen and oxygen atoms in total. The van der Waals surface area contributed by atoms with Crippen LogP contribution in [0.4, 0.5) is 0 Å². The lowest BCUT2D eigenvalue weighted by Gasteiger charge is -2.29. The van der Waals surface area contributed by atoms with Crippen LogP contribution in [0.5, 0.6) is 0 Å². The molecule has 0 saturated carbocycles. The number of piperidine rings is 1. The van der Waals surface area contributed by atoms with Gasteiger partial charge >= 0.3 is 5.97 Å². The van der Waals surface area contributed by atoms with E-state index in [2.05, 4.69) is 15.0 Å². The van der Waals surface area contributed by atoms with Crippen LogP contribution < -0.4 is 0 Å². The summed E-state index contributed by atoms with van der Waals surface area (Å²) < 4.78 is 9.95. The van der Waals surface area contributed by atoms with Crippen molar-refractivity contribution < 1.29 is 14.1 Å². The van der Waals surface area contributed by atoms with E-state index in [1.54, 1.807) is 0 Å². The van der Waals surface area contributed by atoms with E-state index in [-0.39, 0.29) is 11.9 Å². The Hall–Kier alpha value is -1.43. The molecule has 0 aliphatic carbocycles. The van der Waals surface area contributed by atoms with Gasteiger partial charge in [0.15, 0.2) is 5.82 Å². The van der Waals surface area contributed by atoms with Crippen molar-refractivity contribution in [3.8, 4) is 0 Å². The van der Waals surface area contributed by atoms with Gasteiger partial charge in [0, 0.05) is 13.0 Å². The van der Waals surface area contributed by atoms with E-state index in [4.69, 9.17) is 9.26 Å². The smallest absolute Gasteiger partial charge is 0.309 e. The Balaban J connectivity index is 1.91. The van der Waals surface area contributed by atoms with Gasteiger partial charge in [-0.2, -0.15) is 4.98 Å². The number of aromatic nitrogens is 2. The third kappa shape index (κ3) is 3.07. The van der Waals surface area contributed by atoms with Gasteiger partial charge in [-0.3, -0.25) is 9.69 Å². The fourth-order valence-corrected chi connectivity index (χ4v) is 2.25. The number of methoxy groups -OCH3 is 1. The number of carbonyl (C=O) groups excluding carboxylic acids is 1. The van der Waals surface area contributed by atoms with E-state index < -0.39 is 0 Å². The Labute approximate surface area is 106 Å². The molecular formula is C12H19N3O3. The minimum atomic E-state index is -0.125. The van der Waals surface area contributed by atoms with Gasteiger partial charge < -0.3 is 9.26 Å². The first-order valence-electron chi connectivity index (χ1n) is 6.34. The molecule has 1 aromatic rings. The van der Waals surface area contributed by atoms with Gasteiger partial charge in [0.1, 0.15) is 0 Å². The second-order valence-corrected chi connectivity index (χ2v) is 4.56. The first-order chi connectivity index (χ1) is 8.72. The van der Waals surface area contributed by atoms with Crippen molar-refractivity contribution >= 4 is 5.97 Å². The minimum absolute atomic E-state index is 0.0303. The van der Waals surface area contributed by atoms with Gasteiger partial charge in [-0.1, -0.05) is 12.1 Å². The molecule has 2 rings (SSSR count). The van der Waals surface area contributed by atoms with E-state index >= 15 is 0 Å². The highest BCUT2D eigenvalue weighted by atomic mass is 16.5. The predicted octanol–water partition coefficient (Wildman–Crippen LogP) is 1.02. The molecule has 0 aromatic carbocycles. The summed E-state index contributed by atoms with van der Waals surface area (Å²) in [7, 11) is 1.44. The number of carbonyl (C=O) groups is 1. The van der Waals surface area contributed by atoms with Crippen LogP contribution in [-0.2, 0) is 22.5 Å². The van der Waals surface area contributed by atoms with Gasteiger partial charge in [-0.25, -0.2) is 0 Å². The Bertz CT molecular complexity index is 405. The van der Waals surface area contributed by atoms with Crippen molar-refractivity contribution in [1.82, 2.24) is 15.0 Å². The summed E-state index contributed by atoms with van der Waals surface area (Å²) >= 11 is 0. The molecule has 1 aromatic heterocycles. The average molecular weight is 253 g/mol. The van der Waals surface area contributed by atoms with Gasteiger partial charge in [0.25, 0.3) is 0 Å². The Morgan fingerprint density at radius 3 is 3.11 bits per heavy atom. The summed E-state index contributed by atoms with van der Waals surface area (Å²) in [5.41, 5.74) is 0. The highest BCUT2D eigenvalue weighted by Gasteiger charge is 2.27. The molecule has 0 N–H and O–H groups in total. The summed E-state index contributed by atoms with van der Waals surface area (Å²) in [4.78, 5) is 18.0. The third-order valence-corrected chi connectivity index (χ3v) is 3.23. The minimum Gasteiger partial charge on any atom is -0.469 e. The molecular weight excluding hydrogens is 234 g/mol. The van der Waals surface area contributed by atoms with Crippen LogP contribution in [-0.4, -0.2) is 41.2 Å². The quantitative estimate of drug-likeness (QED) is 0.746. The maximum absolute atomic E-state index is 11.5. The Morgan fingerprint density at radius 2 is 2.44 bits per heavy atom. The third-order valence-electron chi connectivity index (χ3n) is 3.23. The zero-order chi connectivity index (χ0) is 13.0. The number of likely N-dealkylation sites (tertiary alicyclic amines) is 1. The summed E-state index contributed by atoms with van der Waals surface area (Å²) in [5.74, 6) is 1.20. The van der Waals surface area contributed by atoms with Crippen molar-refractivity contribution in [2.45, 2.75) is 32.7 Å². The number of ether oxygens (including phenoxy) is 1. The summed E-state index contributed by atoms with van der Waals surface area (Å²) in [6.45, 7) is 4.26. The highest BCUT2D eigenvalue weighted by Crippen LogP contribution is 2.19. The molecule has 100 valence electrons. The summed E-state index contributed by atoms with van der Waals surface area (Å²) in [5, 5.41) is 3.87. The van der Waals surface area contributed by atoms with E-state index in [1.165, 1.54) is 7.11 Å². The van der Waals surface area contributed by atoms with E-state index in [0.29, 0.717) is 19.0 Å². The van der Waals surface area contributed by atoms with Crippen LogP contribution in [0.3, 0.4) is 0 Å². The normalized spacial score (nSPS) is 20.9. The molecule has 1 atom stereocenters. The zero-order valence-corrected chi connectivity index (χ0v) is 10.9. The van der Waals surface area contributed by atoms with Crippen molar-refractivity contribution in [3.05, 3.63) is 11.7 Å². The standard InChI is InChI=1S/C12H19N3O3/c1-3-10-13-11(18-14-10)8-15-6-4-5-9(7-15)12(16)17-2/h9H,3-8H2,1-2H3/t9-/m0/s1. The molecule has 1 aliphatic heterocycles. The van der Waals surface area contributed by atoms with Crippen molar-refractivity contribution in [2.75, 3.05) is 20.2 Å². The van der Waals surface area contributed by atoms with E-state index in [1.807, 2.05) is 6.92 Å². The molecule has 0 amide bonds. The molecule has 1 fully saturated rings. The van der Waals surface area contributed by atoms with Crippen LogP contribution in [0.2, 0.25) is 0 Å². The molecule has 2 heterocycles. The van der Waals surface area contributed by atoms with Crippen molar-refractivity contribution in [3.63, 3.8) is 0 Å². The van der Waals surface area contributed by atoms with Gasteiger partial charge in [0.05, 0.1) is 19.6 Å². The lowest BCUT2D eigenvalue weighted by Crippen LogP contribution is -2.38. The van der Waals surface area contributed by atoms with Crippen LogP contribution in [0.15, 0.2) is 4.52 Å². The maximum atomic E-state index is 11.5. The van der Waals surface area contributed by atoms with Crippen LogP contribution >= 0.6 is 0 Å². The fraction of sp³-hybridized carbons (Fsp3) is 0.750. The van der Waals surface area contributed by atoms with Gasteiger partial charge in [-0.05, 0) is 19.4 Å². The molecule has 0 unspecified atom stereocenters. The van der Waals surface area contributed by atoms with Crippen molar-refractivity contribution in [2.24, 2.45) is 5.92 Å². The second-order valence-electron chi connectivity index (χ2n) is 4.56. The average Bonchev–Trinajstić information content (AvgIpc) is 2.86. The number of esters is 1. The largest absolute Gasteiger partial charge is 0.469 e. The van der Waals surface area contributed by atoms with Crippen molar-refractivity contribution in [1.29, 1.82) is 0 Å². The molecule has 1 saturated heterocycles. The summed E-state index contributed by atoms with van der Waals surface area (Å²) in [6, 6.07) is 0. The molecule has 1 aliphatic rings. The molecule has 0 spiro atoms. The van der Waals surface area contributed by atoms with Crippen LogP contribution in [0.25, 0.3) is 0 Å². The first kappa shape index (κ1) is 13.0. The number of aryl methyl sites for hydroxylation is 1. The first-order valence-corrected chi connectivity index (χ1v) is 6.34. The number of hydrogen-bond donors (Lipinski definition) is 0. The van der Waals surface area contributed by atoms with Crippen LogP contribution in [0, 0.1) is 5.92 Å². The number of rotatable bonds is 4. The second kappa shape index (κ2) is 5.95. The Kier molecular flexibility index (Phi) is 4.30. The van der Waals surface area contributed by atoms with Gasteiger partial charge in [-0.15, -0.1) is 0 Å². The lowest BCUT2D eigenvalue weighted by molar-refractivity contribution is -0.147. The zero-order valence-electron chi connectivity index (χ0n) is 10.9. The highest BCUT2D eigenvalue weighted by molar-refractivity contribution is 5.72. The Morgan fingerprint density at radius 1 is 1.61 bits per heavy atom.